The molecule has 2 rings (SSSR count). The summed E-state index contributed by atoms with van der Waals surface area (Å²) in [4.78, 5) is 26.0. The topological polar surface area (TPSA) is 126 Å². The highest BCUT2D eigenvalue weighted by atomic mass is 35.5. The fraction of sp³-hybridized carbons (Fsp3) is 0.481. The minimum Gasteiger partial charge on any atom is -0.347 e. The van der Waals surface area contributed by atoms with Gasteiger partial charge in [-0.2, -0.15) is 0 Å². The van der Waals surface area contributed by atoms with Crippen molar-refractivity contribution in [3.05, 3.63) is 71.0 Å². The molecule has 14 heteroatoms. The maximum atomic E-state index is 14.2. The van der Waals surface area contributed by atoms with Gasteiger partial charge in [0.2, 0.25) is 0 Å². The zero-order valence-corrected chi connectivity index (χ0v) is 26.4. The molecule has 1 amide bonds. The van der Waals surface area contributed by atoms with E-state index in [1.54, 1.807) is 0 Å². The summed E-state index contributed by atoms with van der Waals surface area (Å²) >= 11 is 0. The van der Waals surface area contributed by atoms with Gasteiger partial charge in [0, 0.05) is 32.4 Å². The molecule has 0 heterocycles. The average molecular weight is 669 g/mol. The van der Waals surface area contributed by atoms with Gasteiger partial charge in [0.1, 0.15) is 0 Å². The molecular weight excluding hydrogens is 625 g/mol. The van der Waals surface area contributed by atoms with Gasteiger partial charge < -0.3 is 27.0 Å². The van der Waals surface area contributed by atoms with E-state index in [4.69, 9.17) is 11.5 Å². The molecule has 0 radical (unpaired) electrons. The molecule has 41 heavy (non-hydrogen) atoms. The number of nitrogens with zero attached hydrogens (tertiary/aromatic N) is 1. The molecule has 2 aromatic rings. The van der Waals surface area contributed by atoms with Crippen LogP contribution in [0.3, 0.4) is 0 Å². The van der Waals surface area contributed by atoms with Crippen LogP contribution in [0.25, 0.3) is 0 Å². The second-order valence-corrected chi connectivity index (χ2v) is 9.77. The monoisotopic (exact) mass is 667 g/mol. The number of carbonyl (C=O) groups is 2. The van der Waals surface area contributed by atoms with E-state index in [-0.39, 0.29) is 67.5 Å². The van der Waals surface area contributed by atoms with Crippen LogP contribution in [0.5, 0.6) is 0 Å². The Bertz CT molecular complexity index is 1040. The zero-order chi connectivity index (χ0) is 27.4. The molecule has 0 spiro atoms. The number of halogens is 7. The van der Waals surface area contributed by atoms with Crippen LogP contribution in [0.15, 0.2) is 42.5 Å². The zero-order valence-electron chi connectivity index (χ0n) is 23.2. The van der Waals surface area contributed by atoms with Crippen molar-refractivity contribution in [2.45, 2.75) is 44.2 Å². The number of amides is 1. The summed E-state index contributed by atoms with van der Waals surface area (Å²) in [6.07, 6.45) is 1.52. The summed E-state index contributed by atoms with van der Waals surface area (Å²) in [6, 6.07) is 9.72. The molecule has 0 fully saturated rings. The molecule has 2 aromatic carbocycles. The third kappa shape index (κ3) is 14.4. The Balaban J connectivity index is -0.00000361. The van der Waals surface area contributed by atoms with Crippen LogP contribution in [-0.2, 0) is 22.4 Å². The SMILES string of the molecule is C[N+](CCN)(CCN)CCC[C@H]([NH3+])C(=O)N[C@@H](CCc1ccccc1)C(=O)Cc1ccc(F)c(F)c1F.Cl.Cl.Cl.Cl. The van der Waals surface area contributed by atoms with E-state index in [9.17, 15) is 22.8 Å². The molecule has 0 aliphatic rings. The Labute approximate surface area is 265 Å². The van der Waals surface area contributed by atoms with Crippen LogP contribution in [0.2, 0.25) is 0 Å². The van der Waals surface area contributed by atoms with E-state index in [1.165, 1.54) is 0 Å². The summed E-state index contributed by atoms with van der Waals surface area (Å²) in [7, 11) is 2.08. The molecule has 0 aliphatic carbocycles. The Morgan fingerprint density at radius 2 is 1.46 bits per heavy atom. The first-order valence-electron chi connectivity index (χ1n) is 12.7. The maximum absolute atomic E-state index is 14.2. The number of Topliss-reactive ketones (excluding diaryl/α,β-unsaturated/α-hetero) is 1. The number of nitrogens with one attached hydrogen (secondary N) is 1. The van der Waals surface area contributed by atoms with E-state index >= 15 is 0 Å². The van der Waals surface area contributed by atoms with Crippen molar-refractivity contribution in [1.82, 2.24) is 5.32 Å². The van der Waals surface area contributed by atoms with Crippen molar-refractivity contribution in [3.63, 3.8) is 0 Å². The summed E-state index contributed by atoms with van der Waals surface area (Å²) in [6.45, 7) is 3.42. The van der Waals surface area contributed by atoms with E-state index in [1.807, 2.05) is 30.3 Å². The number of nitrogens with two attached hydrogens (primary N) is 2. The lowest BCUT2D eigenvalue weighted by Gasteiger charge is -2.34. The number of ketones is 1. The van der Waals surface area contributed by atoms with Gasteiger partial charge in [0.05, 0.1) is 32.7 Å². The number of likely N-dealkylation sites (N-methyl/N-ethyl adjacent to an activating group) is 1. The molecule has 236 valence electrons. The number of carbonyl (C=O) groups excluding carboxylic acids is 2. The first kappa shape index (κ1) is 43.8. The van der Waals surface area contributed by atoms with Crippen LogP contribution < -0.4 is 22.5 Å². The molecule has 0 aliphatic heterocycles. The van der Waals surface area contributed by atoms with Crippen molar-refractivity contribution in [2.24, 2.45) is 11.5 Å². The van der Waals surface area contributed by atoms with Gasteiger partial charge >= 0.3 is 0 Å². The van der Waals surface area contributed by atoms with E-state index in [0.717, 1.165) is 43.8 Å². The molecular formula is C27H44Cl4F3N5O2+2. The number of hydrogen-bond acceptors (Lipinski definition) is 4. The molecule has 2 atom stereocenters. The van der Waals surface area contributed by atoms with Gasteiger partial charge in [-0.05, 0) is 30.0 Å². The van der Waals surface area contributed by atoms with E-state index < -0.39 is 41.7 Å². The van der Waals surface area contributed by atoms with Crippen LogP contribution >= 0.6 is 49.6 Å². The largest absolute Gasteiger partial charge is 0.347 e. The molecule has 8 N–H and O–H groups in total. The predicted molar refractivity (Wildman–Crippen MR) is 166 cm³/mol. The highest BCUT2D eigenvalue weighted by Gasteiger charge is 2.28. The summed E-state index contributed by atoms with van der Waals surface area (Å²) in [5.74, 6) is -5.22. The van der Waals surface area contributed by atoms with Crippen molar-refractivity contribution < 1.29 is 33.0 Å². The Morgan fingerprint density at radius 3 is 2.02 bits per heavy atom. The second kappa shape index (κ2) is 22.0. The van der Waals surface area contributed by atoms with Crippen molar-refractivity contribution >= 4 is 61.3 Å². The van der Waals surface area contributed by atoms with Gasteiger partial charge in [-0.25, -0.2) is 13.2 Å². The minimum atomic E-state index is -1.62. The molecule has 0 bridgehead atoms. The predicted octanol–water partition coefficient (Wildman–Crippen LogP) is 2.78. The lowest BCUT2D eigenvalue weighted by Crippen LogP contribution is -2.68. The summed E-state index contributed by atoms with van der Waals surface area (Å²) < 4.78 is 41.9. The van der Waals surface area contributed by atoms with Gasteiger partial charge in [0.15, 0.2) is 29.3 Å². The number of rotatable bonds is 16. The van der Waals surface area contributed by atoms with Crippen molar-refractivity contribution in [1.29, 1.82) is 0 Å². The highest BCUT2D eigenvalue weighted by Crippen LogP contribution is 2.17. The number of benzene rings is 2. The summed E-state index contributed by atoms with van der Waals surface area (Å²) in [5.41, 5.74) is 16.1. The maximum Gasteiger partial charge on any atom is 0.278 e. The average Bonchev–Trinajstić information content (AvgIpc) is 2.87. The summed E-state index contributed by atoms with van der Waals surface area (Å²) in [5, 5.41) is 2.76. The van der Waals surface area contributed by atoms with Gasteiger partial charge in [0.25, 0.3) is 5.91 Å². The van der Waals surface area contributed by atoms with Gasteiger partial charge in [-0.15, -0.1) is 49.6 Å². The van der Waals surface area contributed by atoms with E-state index in [0.29, 0.717) is 30.4 Å². The second-order valence-electron chi connectivity index (χ2n) is 9.77. The van der Waals surface area contributed by atoms with E-state index in [2.05, 4.69) is 18.1 Å². The minimum absolute atomic E-state index is 0. The van der Waals surface area contributed by atoms with Crippen LogP contribution in [0, 0.1) is 17.5 Å². The van der Waals surface area contributed by atoms with Crippen LogP contribution in [-0.4, -0.2) is 68.0 Å². The molecule has 0 saturated heterocycles. The van der Waals surface area contributed by atoms with Crippen LogP contribution in [0.1, 0.15) is 30.4 Å². The van der Waals surface area contributed by atoms with Crippen molar-refractivity contribution in [2.75, 3.05) is 39.8 Å². The smallest absolute Gasteiger partial charge is 0.278 e. The normalized spacial score (nSPS) is 12.0. The first-order chi connectivity index (χ1) is 17.6. The Kier molecular flexibility index (Phi) is 23.5. The lowest BCUT2D eigenvalue weighted by molar-refractivity contribution is -0.907. The lowest BCUT2D eigenvalue weighted by atomic mass is 9.97. The standard InChI is InChI=1S/C27H38F3N5O2.4ClH/c1-35(16-13-31,17-14-32)15-5-8-22(33)27(37)34-23(12-9-19-6-3-2-4-7-19)24(36)18-20-10-11-21(28)26(30)25(20)29;;;;/h2-4,6-7,10-11,22-23H,5,8-9,12-18,31-33H2,1H3;4*1H/p+2/t22-,23-;;;;/m0..../s1. The third-order valence-corrected chi connectivity index (χ3v) is 6.71. The number of hydrogen-bond donors (Lipinski definition) is 4. The molecule has 7 nitrogen and oxygen atoms in total. The first-order valence-corrected chi connectivity index (χ1v) is 12.7. The van der Waals surface area contributed by atoms with Gasteiger partial charge in [-0.1, -0.05) is 36.4 Å². The van der Waals surface area contributed by atoms with Crippen molar-refractivity contribution in [3.8, 4) is 0 Å². The molecule has 0 aromatic heterocycles. The number of quaternary nitrogens is 2. The molecule has 0 saturated carbocycles. The Hall–Kier alpha value is -1.63. The third-order valence-electron chi connectivity index (χ3n) is 6.71. The quantitative estimate of drug-likeness (QED) is 0.162. The fourth-order valence-corrected chi connectivity index (χ4v) is 4.38. The Morgan fingerprint density at radius 1 is 0.878 bits per heavy atom. The highest BCUT2D eigenvalue weighted by molar-refractivity contribution is 5.91. The number of aryl methyl sites for hydroxylation is 1. The molecule has 0 unspecified atom stereocenters. The fourth-order valence-electron chi connectivity index (χ4n) is 4.38. The van der Waals surface area contributed by atoms with Gasteiger partial charge in [-0.3, -0.25) is 9.59 Å². The van der Waals surface area contributed by atoms with Crippen LogP contribution in [0.4, 0.5) is 13.2 Å².